The van der Waals surface area contributed by atoms with Crippen molar-refractivity contribution in [2.75, 3.05) is 11.9 Å². The Balaban J connectivity index is 2.10. The van der Waals surface area contributed by atoms with Crippen LogP contribution in [0.15, 0.2) is 36.4 Å². The first-order chi connectivity index (χ1) is 12.6. The van der Waals surface area contributed by atoms with Gasteiger partial charge in [-0.2, -0.15) is 13.2 Å². The Hall–Kier alpha value is -2.03. The van der Waals surface area contributed by atoms with Crippen molar-refractivity contribution in [3.8, 4) is 5.75 Å². The maximum atomic E-state index is 12.8. The van der Waals surface area contributed by atoms with Crippen LogP contribution < -0.4 is 15.4 Å². The molecule has 0 bridgehead atoms. The molecule has 0 aliphatic carbocycles. The molecule has 2 N–H and O–H groups in total. The molecule has 4 nitrogen and oxygen atoms in total. The Kier molecular flexibility index (Phi) is 6.91. The van der Waals surface area contributed by atoms with Crippen molar-refractivity contribution >= 4 is 52.1 Å². The zero-order chi connectivity index (χ0) is 20.2. The summed E-state index contributed by atoms with van der Waals surface area (Å²) in [6, 6.07) is 7.13. The van der Waals surface area contributed by atoms with Gasteiger partial charge in [0.15, 0.2) is 5.11 Å². The highest BCUT2D eigenvalue weighted by Crippen LogP contribution is 2.33. The molecule has 0 radical (unpaired) electrons. The van der Waals surface area contributed by atoms with E-state index < -0.39 is 17.6 Å². The highest BCUT2D eigenvalue weighted by atomic mass is 35.5. The van der Waals surface area contributed by atoms with Crippen molar-refractivity contribution < 1.29 is 22.7 Å². The molecule has 10 heteroatoms. The smallest absolute Gasteiger partial charge is 0.416 e. The van der Waals surface area contributed by atoms with Crippen LogP contribution in [0.1, 0.15) is 22.8 Å². The fourth-order valence-electron chi connectivity index (χ4n) is 2.04. The SMILES string of the molecule is CCOc1ccc(C(=O)NC(=S)Nc2cc(C(F)(F)F)ccc2Cl)cc1Cl. The van der Waals surface area contributed by atoms with E-state index in [1.54, 1.807) is 6.92 Å². The van der Waals surface area contributed by atoms with Crippen molar-refractivity contribution in [1.82, 2.24) is 5.32 Å². The number of anilines is 1. The van der Waals surface area contributed by atoms with E-state index in [2.05, 4.69) is 10.6 Å². The zero-order valence-corrected chi connectivity index (χ0v) is 16.1. The van der Waals surface area contributed by atoms with Gasteiger partial charge in [-0.15, -0.1) is 0 Å². The first-order valence-corrected chi connectivity index (χ1v) is 8.69. The molecule has 27 heavy (non-hydrogen) atoms. The van der Waals surface area contributed by atoms with E-state index in [9.17, 15) is 18.0 Å². The van der Waals surface area contributed by atoms with E-state index in [1.165, 1.54) is 18.2 Å². The number of nitrogens with one attached hydrogen (secondary N) is 2. The second-order valence-electron chi connectivity index (χ2n) is 5.18. The molecule has 2 rings (SSSR count). The first kappa shape index (κ1) is 21.3. The van der Waals surface area contributed by atoms with Crippen LogP contribution in [0, 0.1) is 0 Å². The number of thiocarbonyl (C=S) groups is 1. The fourth-order valence-corrected chi connectivity index (χ4v) is 2.64. The molecule has 2 aromatic carbocycles. The largest absolute Gasteiger partial charge is 0.492 e. The van der Waals surface area contributed by atoms with Crippen molar-refractivity contribution in [1.29, 1.82) is 0 Å². The summed E-state index contributed by atoms with van der Waals surface area (Å²) in [5.74, 6) is -0.173. The molecule has 0 aliphatic heterocycles. The quantitative estimate of drug-likeness (QED) is 0.617. The lowest BCUT2D eigenvalue weighted by molar-refractivity contribution is -0.137. The van der Waals surface area contributed by atoms with Crippen molar-refractivity contribution in [3.05, 3.63) is 57.6 Å². The van der Waals surface area contributed by atoms with Gasteiger partial charge in [0, 0.05) is 5.56 Å². The molecule has 0 heterocycles. The van der Waals surface area contributed by atoms with Gasteiger partial charge in [0.1, 0.15) is 5.75 Å². The lowest BCUT2D eigenvalue weighted by Crippen LogP contribution is -2.34. The molecule has 0 aromatic heterocycles. The number of hydrogen-bond donors (Lipinski definition) is 2. The minimum Gasteiger partial charge on any atom is -0.492 e. The highest BCUT2D eigenvalue weighted by molar-refractivity contribution is 7.80. The topological polar surface area (TPSA) is 50.4 Å². The Morgan fingerprint density at radius 1 is 1.15 bits per heavy atom. The molecule has 144 valence electrons. The molecule has 1 amide bonds. The molecular weight excluding hydrogens is 424 g/mol. The molecule has 0 aliphatic rings. The van der Waals surface area contributed by atoms with Gasteiger partial charge in [-0.25, -0.2) is 0 Å². The summed E-state index contributed by atoms with van der Waals surface area (Å²) in [6.07, 6.45) is -4.54. The lowest BCUT2D eigenvalue weighted by Gasteiger charge is -2.14. The number of rotatable bonds is 4. The summed E-state index contributed by atoms with van der Waals surface area (Å²) in [4.78, 5) is 12.2. The third-order valence-corrected chi connectivity index (χ3v) is 4.09. The molecule has 0 saturated carbocycles. The van der Waals surface area contributed by atoms with E-state index in [4.69, 9.17) is 40.2 Å². The molecule has 0 spiro atoms. The number of carbonyl (C=O) groups excluding carboxylic acids is 1. The minimum absolute atomic E-state index is 0.0173. The molecule has 0 atom stereocenters. The lowest BCUT2D eigenvalue weighted by atomic mass is 10.2. The molecule has 0 fully saturated rings. The van der Waals surface area contributed by atoms with Crippen molar-refractivity contribution in [2.24, 2.45) is 0 Å². The maximum absolute atomic E-state index is 12.8. The average molecular weight is 437 g/mol. The monoisotopic (exact) mass is 436 g/mol. The third-order valence-electron chi connectivity index (χ3n) is 3.26. The number of halogens is 5. The second kappa shape index (κ2) is 8.77. The highest BCUT2D eigenvalue weighted by Gasteiger charge is 2.31. The van der Waals surface area contributed by atoms with Gasteiger partial charge in [0.25, 0.3) is 5.91 Å². The van der Waals surface area contributed by atoms with Gasteiger partial charge in [0.2, 0.25) is 0 Å². The van der Waals surface area contributed by atoms with Crippen LogP contribution in [0.25, 0.3) is 0 Å². The van der Waals surface area contributed by atoms with Crippen LogP contribution in [-0.2, 0) is 6.18 Å². The number of benzene rings is 2. The van der Waals surface area contributed by atoms with Gasteiger partial charge in [-0.05, 0) is 55.5 Å². The average Bonchev–Trinajstić information content (AvgIpc) is 2.57. The van der Waals surface area contributed by atoms with E-state index >= 15 is 0 Å². The zero-order valence-electron chi connectivity index (χ0n) is 13.8. The standard InChI is InChI=1S/C17H13Cl2F3N2O2S/c1-2-26-14-6-3-9(7-12(14)19)15(25)24-16(27)23-13-8-10(17(20,21)22)4-5-11(13)18/h3-8H,2H2,1H3,(H2,23,24,25,27). The normalized spacial score (nSPS) is 11.0. The van der Waals surface area contributed by atoms with Crippen LogP contribution >= 0.6 is 35.4 Å². The summed E-state index contributed by atoms with van der Waals surface area (Å²) in [7, 11) is 0. The van der Waals surface area contributed by atoms with Crippen LogP contribution in [0.3, 0.4) is 0 Å². The summed E-state index contributed by atoms with van der Waals surface area (Å²) in [5.41, 5.74) is -0.786. The van der Waals surface area contributed by atoms with Crippen LogP contribution in [0.2, 0.25) is 10.0 Å². The number of amides is 1. The van der Waals surface area contributed by atoms with E-state index in [0.29, 0.717) is 12.4 Å². The van der Waals surface area contributed by atoms with Crippen LogP contribution in [0.5, 0.6) is 5.75 Å². The van der Waals surface area contributed by atoms with Gasteiger partial charge in [-0.1, -0.05) is 23.2 Å². The Bertz CT molecular complexity index is 876. The number of carbonyl (C=O) groups is 1. The summed E-state index contributed by atoms with van der Waals surface area (Å²) >= 11 is 16.9. The molecule has 2 aromatic rings. The predicted octanol–water partition coefficient (Wildman–Crippen LogP) is 5.54. The van der Waals surface area contributed by atoms with Crippen LogP contribution in [0.4, 0.5) is 18.9 Å². The van der Waals surface area contributed by atoms with Gasteiger partial charge < -0.3 is 10.1 Å². The minimum atomic E-state index is -4.54. The first-order valence-electron chi connectivity index (χ1n) is 7.53. The Morgan fingerprint density at radius 3 is 2.44 bits per heavy atom. The van der Waals surface area contributed by atoms with Gasteiger partial charge in [-0.3, -0.25) is 10.1 Å². The van der Waals surface area contributed by atoms with Gasteiger partial charge in [0.05, 0.1) is 27.9 Å². The van der Waals surface area contributed by atoms with E-state index in [-0.39, 0.29) is 26.4 Å². The summed E-state index contributed by atoms with van der Waals surface area (Å²) < 4.78 is 43.7. The summed E-state index contributed by atoms with van der Waals surface area (Å²) in [6.45, 7) is 2.21. The fraction of sp³-hybridized carbons (Fsp3) is 0.176. The predicted molar refractivity (Wildman–Crippen MR) is 103 cm³/mol. The second-order valence-corrected chi connectivity index (χ2v) is 6.40. The van der Waals surface area contributed by atoms with Crippen LogP contribution in [-0.4, -0.2) is 17.6 Å². The number of hydrogen-bond acceptors (Lipinski definition) is 3. The van der Waals surface area contributed by atoms with Crippen molar-refractivity contribution in [3.63, 3.8) is 0 Å². The third kappa shape index (κ3) is 5.72. The maximum Gasteiger partial charge on any atom is 0.416 e. The Morgan fingerprint density at radius 2 is 1.85 bits per heavy atom. The van der Waals surface area contributed by atoms with Gasteiger partial charge >= 0.3 is 6.18 Å². The number of alkyl halides is 3. The molecule has 0 saturated heterocycles. The molecular formula is C17H13Cl2F3N2O2S. The summed E-state index contributed by atoms with van der Waals surface area (Å²) in [5, 5.41) is 4.87. The molecule has 0 unspecified atom stereocenters. The number of ether oxygens (including phenoxy) is 1. The van der Waals surface area contributed by atoms with E-state index in [0.717, 1.165) is 18.2 Å². The Labute approximate surface area is 168 Å². The van der Waals surface area contributed by atoms with Crippen molar-refractivity contribution in [2.45, 2.75) is 13.1 Å². The van der Waals surface area contributed by atoms with E-state index in [1.807, 2.05) is 0 Å².